The van der Waals surface area contributed by atoms with Crippen molar-refractivity contribution in [3.05, 3.63) is 95.0 Å². The van der Waals surface area contributed by atoms with Gasteiger partial charge in [0, 0.05) is 17.6 Å². The smallest absolute Gasteiger partial charge is 0.264 e. The number of carbonyl (C=O) groups is 2. The summed E-state index contributed by atoms with van der Waals surface area (Å²) in [6.45, 7) is 3.59. The van der Waals surface area contributed by atoms with Gasteiger partial charge in [-0.2, -0.15) is 0 Å². The number of hydrogen-bond acceptors (Lipinski definition) is 4. The lowest BCUT2D eigenvalue weighted by atomic mass is 9.95. The largest absolute Gasteiger partial charge is 0.352 e. The molecular formula is C33H40ClN3O4S. The van der Waals surface area contributed by atoms with Gasteiger partial charge in [-0.1, -0.05) is 80.3 Å². The zero-order valence-electron chi connectivity index (χ0n) is 24.3. The third-order valence-corrected chi connectivity index (χ3v) is 9.83. The lowest BCUT2D eigenvalue weighted by molar-refractivity contribution is -0.140. The number of nitrogens with zero attached hydrogens (tertiary/aromatic N) is 2. The molecule has 0 spiro atoms. The molecule has 4 rings (SSSR count). The van der Waals surface area contributed by atoms with Crippen LogP contribution in [0, 0.1) is 6.92 Å². The molecule has 7 nitrogen and oxygen atoms in total. The number of halogens is 1. The van der Waals surface area contributed by atoms with Gasteiger partial charge in [-0.25, -0.2) is 8.42 Å². The van der Waals surface area contributed by atoms with E-state index >= 15 is 0 Å². The monoisotopic (exact) mass is 609 g/mol. The SMILES string of the molecule is CCC(C(=O)NC1CCCCC1)N(CCc1ccccc1)C(=O)CN(c1cccc(C)c1)S(=O)(=O)c1ccc(Cl)cc1. The minimum atomic E-state index is -4.13. The molecule has 0 aliphatic heterocycles. The first-order chi connectivity index (χ1) is 20.2. The third kappa shape index (κ3) is 8.13. The number of sulfonamides is 1. The van der Waals surface area contributed by atoms with Gasteiger partial charge in [0.25, 0.3) is 10.0 Å². The standard InChI is InChI=1S/C33H40ClN3O4S/c1-3-31(33(39)35-28-14-8-5-9-15-28)36(22-21-26-12-6-4-7-13-26)32(38)24-37(29-16-10-11-25(2)23-29)42(40,41)30-19-17-27(34)18-20-30/h4,6-7,10-13,16-20,23,28,31H,3,5,8-9,14-15,21-22,24H2,1-2H3,(H,35,39). The molecule has 1 atom stereocenters. The van der Waals surface area contributed by atoms with Crippen LogP contribution in [0.1, 0.15) is 56.6 Å². The molecule has 0 bridgehead atoms. The summed E-state index contributed by atoms with van der Waals surface area (Å²) in [7, 11) is -4.13. The van der Waals surface area contributed by atoms with E-state index in [9.17, 15) is 18.0 Å². The number of nitrogens with one attached hydrogen (secondary N) is 1. The molecule has 2 amide bonds. The molecule has 1 aliphatic rings. The number of aryl methyl sites for hydroxylation is 1. The van der Waals surface area contributed by atoms with E-state index in [1.54, 1.807) is 23.1 Å². The molecule has 42 heavy (non-hydrogen) atoms. The molecule has 9 heteroatoms. The van der Waals surface area contributed by atoms with Gasteiger partial charge >= 0.3 is 0 Å². The van der Waals surface area contributed by atoms with Crippen LogP contribution in [0.5, 0.6) is 0 Å². The highest BCUT2D eigenvalue weighted by Crippen LogP contribution is 2.26. The molecule has 1 aliphatic carbocycles. The summed E-state index contributed by atoms with van der Waals surface area (Å²) >= 11 is 6.03. The quantitative estimate of drug-likeness (QED) is 0.267. The number of carbonyl (C=O) groups excluding carboxylic acids is 2. The predicted molar refractivity (Wildman–Crippen MR) is 168 cm³/mol. The molecule has 1 unspecified atom stereocenters. The molecule has 1 saturated carbocycles. The normalized spacial score (nSPS) is 14.6. The van der Waals surface area contributed by atoms with Gasteiger partial charge in [-0.15, -0.1) is 0 Å². The fourth-order valence-electron chi connectivity index (χ4n) is 5.49. The van der Waals surface area contributed by atoms with Gasteiger partial charge in [0.1, 0.15) is 12.6 Å². The highest BCUT2D eigenvalue weighted by Gasteiger charge is 2.34. The summed E-state index contributed by atoms with van der Waals surface area (Å²) < 4.78 is 29.1. The van der Waals surface area contributed by atoms with Gasteiger partial charge in [0.15, 0.2) is 0 Å². The van der Waals surface area contributed by atoms with Gasteiger partial charge < -0.3 is 10.2 Å². The number of anilines is 1. The summed E-state index contributed by atoms with van der Waals surface area (Å²) in [5.41, 5.74) is 2.26. The molecule has 0 aromatic heterocycles. The highest BCUT2D eigenvalue weighted by atomic mass is 35.5. The van der Waals surface area contributed by atoms with Crippen molar-refractivity contribution in [3.63, 3.8) is 0 Å². The van der Waals surface area contributed by atoms with E-state index < -0.39 is 28.5 Å². The van der Waals surface area contributed by atoms with E-state index in [-0.39, 0.29) is 23.4 Å². The number of benzene rings is 3. The van der Waals surface area contributed by atoms with Crippen LogP contribution in [-0.2, 0) is 26.0 Å². The summed E-state index contributed by atoms with van der Waals surface area (Å²) in [6, 6.07) is 22.1. The van der Waals surface area contributed by atoms with Crippen LogP contribution in [-0.4, -0.2) is 50.3 Å². The number of hydrogen-bond donors (Lipinski definition) is 1. The van der Waals surface area contributed by atoms with Crippen molar-refractivity contribution in [3.8, 4) is 0 Å². The molecule has 0 heterocycles. The van der Waals surface area contributed by atoms with Crippen molar-refractivity contribution in [2.75, 3.05) is 17.4 Å². The lowest BCUT2D eigenvalue weighted by Crippen LogP contribution is -2.54. The Kier molecular flexibility index (Phi) is 11.0. The first-order valence-electron chi connectivity index (χ1n) is 14.7. The fraction of sp³-hybridized carbons (Fsp3) is 0.394. The van der Waals surface area contributed by atoms with Crippen LogP contribution in [0.25, 0.3) is 0 Å². The minimum absolute atomic E-state index is 0.0270. The molecule has 224 valence electrons. The van der Waals surface area contributed by atoms with Crippen LogP contribution in [0.3, 0.4) is 0 Å². The fourth-order valence-corrected chi connectivity index (χ4v) is 7.02. The molecule has 3 aromatic rings. The average Bonchev–Trinajstić information content (AvgIpc) is 2.99. The van der Waals surface area contributed by atoms with Crippen molar-refractivity contribution in [1.29, 1.82) is 0 Å². The zero-order chi connectivity index (χ0) is 30.1. The molecule has 1 N–H and O–H groups in total. The van der Waals surface area contributed by atoms with E-state index in [2.05, 4.69) is 5.32 Å². The van der Waals surface area contributed by atoms with Crippen molar-refractivity contribution in [2.24, 2.45) is 0 Å². The molecule has 1 fully saturated rings. The molecule has 3 aromatic carbocycles. The van der Waals surface area contributed by atoms with Crippen LogP contribution in [0.15, 0.2) is 83.8 Å². The van der Waals surface area contributed by atoms with Gasteiger partial charge in [0.05, 0.1) is 10.6 Å². The van der Waals surface area contributed by atoms with Crippen molar-refractivity contribution >= 4 is 39.1 Å². The highest BCUT2D eigenvalue weighted by molar-refractivity contribution is 7.92. The third-order valence-electron chi connectivity index (χ3n) is 7.79. The Balaban J connectivity index is 1.66. The Morgan fingerprint density at radius 2 is 1.64 bits per heavy atom. The van der Waals surface area contributed by atoms with Crippen LogP contribution in [0.4, 0.5) is 5.69 Å². The van der Waals surface area contributed by atoms with Gasteiger partial charge in [-0.3, -0.25) is 13.9 Å². The maximum atomic E-state index is 14.2. The Bertz CT molecular complexity index is 1440. The Morgan fingerprint density at radius 3 is 2.29 bits per heavy atom. The Labute approximate surface area is 254 Å². The van der Waals surface area contributed by atoms with Crippen LogP contribution < -0.4 is 9.62 Å². The number of amides is 2. The first-order valence-corrected chi connectivity index (χ1v) is 16.5. The van der Waals surface area contributed by atoms with Crippen LogP contribution in [0.2, 0.25) is 5.02 Å². The average molecular weight is 610 g/mol. The topological polar surface area (TPSA) is 86.8 Å². The summed E-state index contributed by atoms with van der Waals surface area (Å²) in [6.07, 6.45) is 6.13. The lowest BCUT2D eigenvalue weighted by Gasteiger charge is -2.34. The van der Waals surface area contributed by atoms with Crippen molar-refractivity contribution in [2.45, 2.75) is 75.8 Å². The number of rotatable bonds is 12. The summed E-state index contributed by atoms with van der Waals surface area (Å²) in [4.78, 5) is 29.4. The van der Waals surface area contributed by atoms with E-state index in [0.717, 1.165) is 41.1 Å². The summed E-state index contributed by atoms with van der Waals surface area (Å²) in [5.74, 6) is -0.621. The van der Waals surface area contributed by atoms with Crippen molar-refractivity contribution in [1.82, 2.24) is 10.2 Å². The van der Waals surface area contributed by atoms with E-state index in [4.69, 9.17) is 11.6 Å². The van der Waals surface area contributed by atoms with E-state index in [1.165, 1.54) is 30.7 Å². The van der Waals surface area contributed by atoms with Gasteiger partial charge in [-0.05, 0) is 80.1 Å². The predicted octanol–water partition coefficient (Wildman–Crippen LogP) is 6.14. The zero-order valence-corrected chi connectivity index (χ0v) is 25.9. The van der Waals surface area contributed by atoms with Crippen LogP contribution >= 0.6 is 11.6 Å². The Morgan fingerprint density at radius 1 is 0.952 bits per heavy atom. The second-order valence-corrected chi connectivity index (χ2v) is 13.2. The maximum absolute atomic E-state index is 14.2. The molecular weight excluding hydrogens is 570 g/mol. The second-order valence-electron chi connectivity index (χ2n) is 10.9. The van der Waals surface area contributed by atoms with E-state index in [1.807, 2.05) is 50.2 Å². The Hall–Kier alpha value is -3.36. The summed E-state index contributed by atoms with van der Waals surface area (Å²) in [5, 5.41) is 3.59. The maximum Gasteiger partial charge on any atom is 0.264 e. The first kappa shape index (κ1) is 31.6. The van der Waals surface area contributed by atoms with Gasteiger partial charge in [0.2, 0.25) is 11.8 Å². The molecule has 0 radical (unpaired) electrons. The minimum Gasteiger partial charge on any atom is -0.352 e. The van der Waals surface area contributed by atoms with Crippen molar-refractivity contribution < 1.29 is 18.0 Å². The second kappa shape index (κ2) is 14.7. The molecule has 0 saturated heterocycles. The van der Waals surface area contributed by atoms with E-state index in [0.29, 0.717) is 23.6 Å².